The van der Waals surface area contributed by atoms with Crippen LogP contribution in [0.15, 0.2) is 18.2 Å². The molecule has 1 atom stereocenters. The van der Waals surface area contributed by atoms with Crippen molar-refractivity contribution < 1.29 is 14.7 Å². The molecule has 0 bridgehead atoms. The van der Waals surface area contributed by atoms with Gasteiger partial charge in [0.1, 0.15) is 6.04 Å². The molecule has 0 aliphatic heterocycles. The fourth-order valence-electron chi connectivity index (χ4n) is 2.03. The number of carboxylic acids is 1. The third-order valence-electron chi connectivity index (χ3n) is 3.23. The molecule has 20 heavy (non-hydrogen) atoms. The van der Waals surface area contributed by atoms with E-state index in [1.54, 1.807) is 20.9 Å². The number of nitrogens with one attached hydrogen (secondary N) is 1. The van der Waals surface area contributed by atoms with Crippen molar-refractivity contribution in [2.75, 3.05) is 11.9 Å². The van der Waals surface area contributed by atoms with Crippen LogP contribution in [0, 0.1) is 19.8 Å². The summed E-state index contributed by atoms with van der Waals surface area (Å²) < 4.78 is 0. The van der Waals surface area contributed by atoms with E-state index in [0.29, 0.717) is 0 Å². The number of carboxylic acid groups (broad SMARTS) is 1. The minimum atomic E-state index is -1.03. The van der Waals surface area contributed by atoms with Gasteiger partial charge in [-0.2, -0.15) is 0 Å². The highest BCUT2D eigenvalue weighted by molar-refractivity contribution is 5.94. The number of hydrogen-bond acceptors (Lipinski definition) is 2. The van der Waals surface area contributed by atoms with Crippen molar-refractivity contribution in [3.8, 4) is 0 Å². The average Bonchev–Trinajstić information content (AvgIpc) is 2.34. The molecule has 0 saturated carbocycles. The van der Waals surface area contributed by atoms with Gasteiger partial charge in [0.2, 0.25) is 0 Å². The lowest BCUT2D eigenvalue weighted by molar-refractivity contribution is -0.140. The SMILES string of the molecule is Cc1ccc(N(C)C(=O)N[C@@H](C(=O)O)C(C)C)c(C)c1. The number of anilines is 1. The first kappa shape index (κ1) is 16.0. The molecule has 0 fully saturated rings. The van der Waals surface area contributed by atoms with E-state index in [-0.39, 0.29) is 5.92 Å². The number of aryl methyl sites for hydroxylation is 2. The van der Waals surface area contributed by atoms with Gasteiger partial charge in [-0.15, -0.1) is 0 Å². The van der Waals surface area contributed by atoms with Gasteiger partial charge in [0.05, 0.1) is 0 Å². The van der Waals surface area contributed by atoms with E-state index in [1.807, 2.05) is 32.0 Å². The molecule has 0 aliphatic carbocycles. The van der Waals surface area contributed by atoms with Crippen molar-refractivity contribution in [2.24, 2.45) is 5.92 Å². The molecule has 0 spiro atoms. The molecule has 0 saturated heterocycles. The molecule has 2 N–H and O–H groups in total. The van der Waals surface area contributed by atoms with Crippen molar-refractivity contribution in [3.63, 3.8) is 0 Å². The molecule has 5 heteroatoms. The third kappa shape index (κ3) is 3.73. The van der Waals surface area contributed by atoms with E-state index in [1.165, 1.54) is 4.90 Å². The van der Waals surface area contributed by atoms with Crippen LogP contribution in [0.2, 0.25) is 0 Å². The summed E-state index contributed by atoms with van der Waals surface area (Å²) in [5.74, 6) is -1.20. The standard InChI is InChI=1S/C15H22N2O3/c1-9(2)13(14(18)19)16-15(20)17(5)12-7-6-10(3)8-11(12)4/h6-9,13H,1-5H3,(H,16,20)(H,18,19)/t13-/m1/s1. The van der Waals surface area contributed by atoms with Crippen molar-refractivity contribution in [2.45, 2.75) is 33.7 Å². The summed E-state index contributed by atoms with van der Waals surface area (Å²) in [4.78, 5) is 24.7. The predicted molar refractivity (Wildman–Crippen MR) is 79.1 cm³/mol. The van der Waals surface area contributed by atoms with Gasteiger partial charge in [0, 0.05) is 12.7 Å². The van der Waals surface area contributed by atoms with E-state index in [2.05, 4.69) is 5.32 Å². The van der Waals surface area contributed by atoms with Gasteiger partial charge in [-0.05, 0) is 31.4 Å². The summed E-state index contributed by atoms with van der Waals surface area (Å²) in [7, 11) is 1.63. The van der Waals surface area contributed by atoms with Crippen LogP contribution in [0.3, 0.4) is 0 Å². The van der Waals surface area contributed by atoms with Gasteiger partial charge in [-0.25, -0.2) is 9.59 Å². The molecule has 0 radical (unpaired) electrons. The number of urea groups is 1. The van der Waals surface area contributed by atoms with E-state index < -0.39 is 18.0 Å². The molecule has 1 rings (SSSR count). The van der Waals surface area contributed by atoms with Crippen molar-refractivity contribution >= 4 is 17.7 Å². The smallest absolute Gasteiger partial charge is 0.326 e. The predicted octanol–water partition coefficient (Wildman–Crippen LogP) is 2.56. The molecule has 0 heterocycles. The molecule has 1 aromatic rings. The Labute approximate surface area is 119 Å². The minimum Gasteiger partial charge on any atom is -0.480 e. The number of hydrogen-bond donors (Lipinski definition) is 2. The van der Waals surface area contributed by atoms with Gasteiger partial charge in [-0.1, -0.05) is 31.5 Å². The van der Waals surface area contributed by atoms with Crippen molar-refractivity contribution in [1.29, 1.82) is 0 Å². The highest BCUT2D eigenvalue weighted by atomic mass is 16.4. The molecule has 110 valence electrons. The number of amides is 2. The summed E-state index contributed by atoms with van der Waals surface area (Å²) in [6.45, 7) is 7.42. The summed E-state index contributed by atoms with van der Waals surface area (Å²) in [6.07, 6.45) is 0. The van der Waals surface area contributed by atoms with E-state index in [9.17, 15) is 9.59 Å². The molecule has 5 nitrogen and oxygen atoms in total. The highest BCUT2D eigenvalue weighted by Crippen LogP contribution is 2.20. The zero-order chi connectivity index (χ0) is 15.4. The maximum absolute atomic E-state index is 12.2. The largest absolute Gasteiger partial charge is 0.480 e. The van der Waals surface area contributed by atoms with E-state index in [0.717, 1.165) is 16.8 Å². The number of carbonyl (C=O) groups excluding carboxylic acids is 1. The van der Waals surface area contributed by atoms with Gasteiger partial charge >= 0.3 is 12.0 Å². The summed E-state index contributed by atoms with van der Waals surface area (Å²) in [5.41, 5.74) is 2.85. The number of benzene rings is 1. The first-order valence-corrected chi connectivity index (χ1v) is 6.58. The van der Waals surface area contributed by atoms with Crippen LogP contribution in [0.5, 0.6) is 0 Å². The van der Waals surface area contributed by atoms with Gasteiger partial charge in [0.25, 0.3) is 0 Å². The maximum Gasteiger partial charge on any atom is 0.326 e. The fraction of sp³-hybridized carbons (Fsp3) is 0.467. The zero-order valence-electron chi connectivity index (χ0n) is 12.6. The quantitative estimate of drug-likeness (QED) is 0.889. The van der Waals surface area contributed by atoms with E-state index >= 15 is 0 Å². The van der Waals surface area contributed by atoms with E-state index in [4.69, 9.17) is 5.11 Å². The van der Waals surface area contributed by atoms with Crippen LogP contribution < -0.4 is 10.2 Å². The summed E-state index contributed by atoms with van der Waals surface area (Å²) in [6, 6.07) is 4.45. The molecular formula is C15H22N2O3. The Balaban J connectivity index is 2.88. The van der Waals surface area contributed by atoms with Crippen LogP contribution in [-0.4, -0.2) is 30.2 Å². The summed E-state index contributed by atoms with van der Waals surface area (Å²) >= 11 is 0. The van der Waals surface area contributed by atoms with Crippen LogP contribution in [0.4, 0.5) is 10.5 Å². The van der Waals surface area contributed by atoms with Gasteiger partial charge in [-0.3, -0.25) is 4.90 Å². The first-order valence-electron chi connectivity index (χ1n) is 6.58. The molecule has 0 unspecified atom stereocenters. The van der Waals surface area contributed by atoms with Gasteiger partial charge < -0.3 is 10.4 Å². The average molecular weight is 278 g/mol. The van der Waals surface area contributed by atoms with Crippen LogP contribution in [-0.2, 0) is 4.79 Å². The molecule has 2 amide bonds. The normalized spacial score (nSPS) is 12.1. The Morgan fingerprint density at radius 3 is 2.30 bits per heavy atom. The van der Waals surface area contributed by atoms with Crippen LogP contribution >= 0.6 is 0 Å². The van der Waals surface area contributed by atoms with Crippen LogP contribution in [0.25, 0.3) is 0 Å². The number of nitrogens with zero attached hydrogens (tertiary/aromatic N) is 1. The summed E-state index contributed by atoms with van der Waals surface area (Å²) in [5, 5.41) is 11.6. The lowest BCUT2D eigenvalue weighted by atomic mass is 10.1. The van der Waals surface area contributed by atoms with Gasteiger partial charge in [0.15, 0.2) is 0 Å². The second kappa shape index (κ2) is 6.41. The third-order valence-corrected chi connectivity index (χ3v) is 3.23. The fourth-order valence-corrected chi connectivity index (χ4v) is 2.03. The lowest BCUT2D eigenvalue weighted by Crippen LogP contribution is -2.49. The zero-order valence-corrected chi connectivity index (χ0v) is 12.6. The Morgan fingerprint density at radius 1 is 1.25 bits per heavy atom. The number of carbonyl (C=O) groups is 2. The first-order chi connectivity index (χ1) is 9.23. The number of rotatable bonds is 4. The van der Waals surface area contributed by atoms with Crippen molar-refractivity contribution in [1.82, 2.24) is 5.32 Å². The molecule has 0 aliphatic rings. The Hall–Kier alpha value is -2.04. The minimum absolute atomic E-state index is 0.177. The highest BCUT2D eigenvalue weighted by Gasteiger charge is 2.25. The number of aliphatic carboxylic acids is 1. The monoisotopic (exact) mass is 278 g/mol. The second-order valence-electron chi connectivity index (χ2n) is 5.36. The Kier molecular flexibility index (Phi) is 5.13. The van der Waals surface area contributed by atoms with Crippen molar-refractivity contribution in [3.05, 3.63) is 29.3 Å². The molecular weight excluding hydrogens is 256 g/mol. The lowest BCUT2D eigenvalue weighted by Gasteiger charge is -2.24. The van der Waals surface area contributed by atoms with Crippen LogP contribution in [0.1, 0.15) is 25.0 Å². The molecule has 1 aromatic carbocycles. The Bertz CT molecular complexity index is 512. The Morgan fingerprint density at radius 2 is 1.85 bits per heavy atom. The second-order valence-corrected chi connectivity index (χ2v) is 5.36. The maximum atomic E-state index is 12.2. The molecule has 0 aromatic heterocycles. The topological polar surface area (TPSA) is 69.6 Å².